The molecule has 110 valence electrons. The van der Waals surface area contributed by atoms with Gasteiger partial charge in [0.15, 0.2) is 5.43 Å². The number of anilines is 1. The van der Waals surface area contributed by atoms with Crippen LogP contribution in [0.5, 0.6) is 0 Å². The number of benzene rings is 2. The van der Waals surface area contributed by atoms with Crippen molar-refractivity contribution in [2.45, 2.75) is 6.92 Å². The maximum Gasteiger partial charge on any atom is 0.258 e. The molecule has 0 unspecified atom stereocenters. The van der Waals surface area contributed by atoms with Crippen LogP contribution in [0.25, 0.3) is 21.7 Å². The van der Waals surface area contributed by atoms with Crippen LogP contribution in [0.2, 0.25) is 0 Å². The summed E-state index contributed by atoms with van der Waals surface area (Å²) in [6.45, 7) is 1.38. The number of carbonyl (C=O) groups is 1. The van der Waals surface area contributed by atoms with Crippen LogP contribution in [0, 0.1) is 0 Å². The average molecular weight is 294 g/mol. The molecule has 0 radical (unpaired) electrons. The van der Waals surface area contributed by atoms with Crippen LogP contribution >= 0.6 is 0 Å². The van der Waals surface area contributed by atoms with Gasteiger partial charge in [0.25, 0.3) is 5.56 Å². The molecule has 1 N–H and O–H groups in total. The van der Waals surface area contributed by atoms with Crippen LogP contribution in [0.15, 0.2) is 52.1 Å². The van der Waals surface area contributed by atoms with Crippen LogP contribution in [0.4, 0.5) is 5.69 Å². The van der Waals surface area contributed by atoms with E-state index in [4.69, 9.17) is 0 Å². The summed E-state index contributed by atoms with van der Waals surface area (Å²) in [5.74, 6) is -0.271. The highest BCUT2D eigenvalue weighted by molar-refractivity contribution is 6.02. The summed E-state index contributed by atoms with van der Waals surface area (Å²) in [5, 5.41) is 3.70. The summed E-state index contributed by atoms with van der Waals surface area (Å²) in [6.07, 6.45) is 0. The van der Waals surface area contributed by atoms with E-state index in [0.717, 1.165) is 0 Å². The fraction of sp³-hybridized carbons (Fsp3) is 0.118. The SMILES string of the molecule is CC(=O)Nc1cccc2c1c(=O)c1ccccc1c(=O)n2C. The van der Waals surface area contributed by atoms with E-state index < -0.39 is 0 Å². The zero-order valence-corrected chi connectivity index (χ0v) is 12.2. The normalized spacial score (nSPS) is 10.8. The summed E-state index contributed by atoms with van der Waals surface area (Å²) >= 11 is 0. The lowest BCUT2D eigenvalue weighted by atomic mass is 10.1. The van der Waals surface area contributed by atoms with Gasteiger partial charge in [-0.05, 0) is 18.2 Å². The van der Waals surface area contributed by atoms with E-state index in [-0.39, 0.29) is 16.9 Å². The number of nitrogens with one attached hydrogen (secondary N) is 1. The van der Waals surface area contributed by atoms with Crippen molar-refractivity contribution in [1.82, 2.24) is 4.57 Å². The molecular weight excluding hydrogens is 280 g/mol. The maximum absolute atomic E-state index is 12.9. The van der Waals surface area contributed by atoms with Crippen LogP contribution in [0.3, 0.4) is 0 Å². The smallest absolute Gasteiger partial charge is 0.258 e. The van der Waals surface area contributed by atoms with Crippen molar-refractivity contribution in [3.05, 3.63) is 63.0 Å². The van der Waals surface area contributed by atoms with Gasteiger partial charge in [-0.25, -0.2) is 0 Å². The monoisotopic (exact) mass is 294 g/mol. The third kappa shape index (κ3) is 2.07. The zero-order chi connectivity index (χ0) is 15.9. The van der Waals surface area contributed by atoms with Gasteiger partial charge in [-0.2, -0.15) is 0 Å². The Labute approximate surface area is 125 Å². The molecule has 1 aromatic heterocycles. The van der Waals surface area contributed by atoms with E-state index in [9.17, 15) is 14.4 Å². The van der Waals surface area contributed by atoms with E-state index in [1.165, 1.54) is 11.5 Å². The molecule has 0 bridgehead atoms. The second-order valence-electron chi connectivity index (χ2n) is 5.12. The molecule has 22 heavy (non-hydrogen) atoms. The van der Waals surface area contributed by atoms with Gasteiger partial charge < -0.3 is 9.88 Å². The van der Waals surface area contributed by atoms with Crippen molar-refractivity contribution in [2.75, 3.05) is 5.32 Å². The third-order valence-electron chi connectivity index (χ3n) is 3.65. The Morgan fingerprint density at radius 2 is 1.68 bits per heavy atom. The van der Waals surface area contributed by atoms with Crippen molar-refractivity contribution in [1.29, 1.82) is 0 Å². The van der Waals surface area contributed by atoms with Gasteiger partial charge in [-0.15, -0.1) is 0 Å². The molecule has 5 heteroatoms. The highest BCUT2D eigenvalue weighted by atomic mass is 16.1. The van der Waals surface area contributed by atoms with Gasteiger partial charge in [0.05, 0.1) is 22.0 Å². The number of aryl methyl sites for hydroxylation is 1. The number of nitrogens with zero attached hydrogens (tertiary/aromatic N) is 1. The molecule has 0 aliphatic carbocycles. The van der Waals surface area contributed by atoms with Crippen molar-refractivity contribution in [3.63, 3.8) is 0 Å². The Morgan fingerprint density at radius 1 is 1.00 bits per heavy atom. The van der Waals surface area contributed by atoms with Crippen LogP contribution in [-0.2, 0) is 11.8 Å². The molecular formula is C17H14N2O3. The topological polar surface area (TPSA) is 68.2 Å². The van der Waals surface area contributed by atoms with Crippen molar-refractivity contribution >= 4 is 33.3 Å². The Balaban J connectivity index is 2.67. The van der Waals surface area contributed by atoms with Gasteiger partial charge in [0.2, 0.25) is 5.91 Å². The zero-order valence-electron chi connectivity index (χ0n) is 12.2. The average Bonchev–Trinajstić information content (AvgIpc) is 2.58. The Hall–Kier alpha value is -2.95. The predicted molar refractivity (Wildman–Crippen MR) is 87.3 cm³/mol. The molecule has 0 aliphatic heterocycles. The van der Waals surface area contributed by atoms with Gasteiger partial charge in [-0.1, -0.05) is 24.3 Å². The highest BCUT2D eigenvalue weighted by Gasteiger charge is 2.12. The maximum atomic E-state index is 12.9. The first-order valence-corrected chi connectivity index (χ1v) is 6.83. The molecule has 0 atom stereocenters. The van der Waals surface area contributed by atoms with Crippen molar-refractivity contribution in [3.8, 4) is 0 Å². The second-order valence-corrected chi connectivity index (χ2v) is 5.12. The standard InChI is InChI=1S/C17H14N2O3/c1-10(20)18-13-8-5-9-14-15(13)16(21)11-6-3-4-7-12(11)17(22)19(14)2/h3-9H,1-2H3,(H,18,20). The van der Waals surface area contributed by atoms with Crippen LogP contribution < -0.4 is 16.3 Å². The number of hydrogen-bond acceptors (Lipinski definition) is 3. The molecule has 2 aromatic carbocycles. The van der Waals surface area contributed by atoms with Gasteiger partial charge in [0.1, 0.15) is 0 Å². The van der Waals surface area contributed by atoms with E-state index in [2.05, 4.69) is 5.32 Å². The molecule has 0 saturated heterocycles. The lowest BCUT2D eigenvalue weighted by Gasteiger charge is -2.06. The first-order valence-electron chi connectivity index (χ1n) is 6.83. The molecule has 1 heterocycles. The number of aromatic nitrogens is 1. The fourth-order valence-electron chi connectivity index (χ4n) is 2.64. The summed E-state index contributed by atoms with van der Waals surface area (Å²) in [4.78, 5) is 36.8. The molecule has 3 rings (SSSR count). The Morgan fingerprint density at radius 3 is 2.36 bits per heavy atom. The summed E-state index contributed by atoms with van der Waals surface area (Å²) in [7, 11) is 1.62. The first-order chi connectivity index (χ1) is 10.5. The highest BCUT2D eigenvalue weighted by Crippen LogP contribution is 2.20. The number of carbonyl (C=O) groups excluding carboxylic acids is 1. The molecule has 0 saturated carbocycles. The lowest BCUT2D eigenvalue weighted by Crippen LogP contribution is -2.14. The molecule has 0 spiro atoms. The van der Waals surface area contributed by atoms with Gasteiger partial charge in [0, 0.05) is 19.4 Å². The summed E-state index contributed by atoms with van der Waals surface area (Å²) in [6, 6.07) is 11.8. The number of hydrogen-bond donors (Lipinski definition) is 1. The third-order valence-corrected chi connectivity index (χ3v) is 3.65. The van der Waals surface area contributed by atoms with Gasteiger partial charge >= 0.3 is 0 Å². The van der Waals surface area contributed by atoms with E-state index in [0.29, 0.717) is 27.4 Å². The minimum absolute atomic E-state index is 0.248. The van der Waals surface area contributed by atoms with Crippen LogP contribution in [0.1, 0.15) is 6.92 Å². The number of rotatable bonds is 1. The molecule has 5 nitrogen and oxygen atoms in total. The summed E-state index contributed by atoms with van der Waals surface area (Å²) < 4.78 is 1.43. The quantitative estimate of drug-likeness (QED) is 0.746. The Bertz CT molecular complexity index is 1040. The molecule has 0 aliphatic rings. The molecule has 3 aromatic rings. The first kappa shape index (κ1) is 14.0. The Kier molecular flexibility index (Phi) is 3.25. The molecule has 0 fully saturated rings. The summed E-state index contributed by atoms with van der Waals surface area (Å²) in [5.41, 5.74) is 0.374. The van der Waals surface area contributed by atoms with E-state index in [1.54, 1.807) is 49.5 Å². The van der Waals surface area contributed by atoms with E-state index >= 15 is 0 Å². The van der Waals surface area contributed by atoms with Gasteiger partial charge in [-0.3, -0.25) is 14.4 Å². The lowest BCUT2D eigenvalue weighted by molar-refractivity contribution is -0.114. The minimum Gasteiger partial charge on any atom is -0.326 e. The van der Waals surface area contributed by atoms with Crippen molar-refractivity contribution in [2.24, 2.45) is 7.05 Å². The van der Waals surface area contributed by atoms with E-state index in [1.807, 2.05) is 0 Å². The minimum atomic E-state index is -0.271. The second kappa shape index (κ2) is 5.11. The fourth-order valence-corrected chi connectivity index (χ4v) is 2.64. The van der Waals surface area contributed by atoms with Crippen LogP contribution in [-0.4, -0.2) is 10.5 Å². The number of fused-ring (bicyclic) bond motifs is 2. The van der Waals surface area contributed by atoms with Crippen molar-refractivity contribution < 1.29 is 4.79 Å². The predicted octanol–water partition coefficient (Wildman–Crippen LogP) is 2.01. The largest absolute Gasteiger partial charge is 0.326 e. The number of amides is 1. The molecule has 1 amide bonds.